The molecule has 0 saturated carbocycles. The number of hydrogen-bond acceptors (Lipinski definition) is 1. The van der Waals surface area contributed by atoms with Crippen LogP contribution in [0.25, 0.3) is 0 Å². The zero-order valence-electron chi connectivity index (χ0n) is 18.5. The van der Waals surface area contributed by atoms with Gasteiger partial charge in [0.05, 0.1) is 0 Å². The fourth-order valence-corrected chi connectivity index (χ4v) is 5.13. The quantitative estimate of drug-likeness (QED) is 0.367. The van der Waals surface area contributed by atoms with Gasteiger partial charge in [-0.15, -0.1) is 0 Å². The summed E-state index contributed by atoms with van der Waals surface area (Å²) in [7, 11) is 0. The molecule has 0 fully saturated rings. The highest BCUT2D eigenvalue weighted by atomic mass is 16.1. The van der Waals surface area contributed by atoms with E-state index in [-0.39, 0.29) is 11.3 Å². The van der Waals surface area contributed by atoms with E-state index in [0.29, 0.717) is 5.92 Å². The van der Waals surface area contributed by atoms with Crippen LogP contribution >= 0.6 is 0 Å². The second-order valence-corrected chi connectivity index (χ2v) is 9.57. The van der Waals surface area contributed by atoms with Gasteiger partial charge in [-0.05, 0) is 90.4 Å². The number of carbonyl (C=O) groups is 1. The Kier molecular flexibility index (Phi) is 7.89. The highest BCUT2D eigenvalue weighted by molar-refractivity contribution is 5.62. The van der Waals surface area contributed by atoms with Gasteiger partial charge in [0.1, 0.15) is 6.29 Å². The maximum absolute atomic E-state index is 12.4. The fourth-order valence-electron chi connectivity index (χ4n) is 5.13. The second kappa shape index (κ2) is 9.71. The van der Waals surface area contributed by atoms with Crippen molar-refractivity contribution in [1.82, 2.24) is 0 Å². The molecule has 1 nitrogen and oxygen atoms in total. The van der Waals surface area contributed by atoms with Crippen LogP contribution in [0.1, 0.15) is 92.9 Å². The largest absolute Gasteiger partial charge is 0.303 e. The van der Waals surface area contributed by atoms with Crippen molar-refractivity contribution < 1.29 is 4.79 Å². The number of rotatable bonds is 3. The summed E-state index contributed by atoms with van der Waals surface area (Å²) in [5, 5.41) is 0. The fraction of sp³-hybridized carbons (Fsp3) is 0.654. The molecule has 0 aliphatic heterocycles. The van der Waals surface area contributed by atoms with Crippen molar-refractivity contribution in [3.63, 3.8) is 0 Å². The molecule has 150 valence electrons. The van der Waals surface area contributed by atoms with E-state index in [9.17, 15) is 4.79 Å². The molecule has 0 N–H and O–H groups in total. The molecule has 2 unspecified atom stereocenters. The van der Waals surface area contributed by atoms with E-state index in [4.69, 9.17) is 0 Å². The van der Waals surface area contributed by atoms with E-state index in [2.05, 4.69) is 59.8 Å². The molecule has 0 bridgehead atoms. The highest BCUT2D eigenvalue weighted by Crippen LogP contribution is 2.47. The smallest absolute Gasteiger partial charge is 0.127 e. The third-order valence-corrected chi connectivity index (χ3v) is 6.79. The summed E-state index contributed by atoms with van der Waals surface area (Å²) in [6.45, 7) is 13.7. The minimum atomic E-state index is 0.0246. The third-order valence-electron chi connectivity index (χ3n) is 6.79. The van der Waals surface area contributed by atoms with Crippen molar-refractivity contribution in [3.8, 4) is 0 Å². The lowest BCUT2D eigenvalue weighted by atomic mass is 9.64. The molecule has 27 heavy (non-hydrogen) atoms. The molecule has 2 aliphatic rings. The van der Waals surface area contributed by atoms with Gasteiger partial charge in [-0.3, -0.25) is 0 Å². The lowest BCUT2D eigenvalue weighted by Crippen LogP contribution is -2.31. The van der Waals surface area contributed by atoms with E-state index in [1.54, 1.807) is 0 Å². The van der Waals surface area contributed by atoms with E-state index in [1.165, 1.54) is 47.0 Å². The first-order chi connectivity index (χ1) is 12.8. The van der Waals surface area contributed by atoms with Gasteiger partial charge in [-0.25, -0.2) is 0 Å². The van der Waals surface area contributed by atoms with E-state index in [0.717, 1.165) is 38.5 Å². The molecule has 0 spiro atoms. The Labute approximate surface area is 167 Å². The zero-order valence-corrected chi connectivity index (χ0v) is 18.5. The van der Waals surface area contributed by atoms with Crippen molar-refractivity contribution in [3.05, 3.63) is 46.1 Å². The summed E-state index contributed by atoms with van der Waals surface area (Å²) < 4.78 is 0. The van der Waals surface area contributed by atoms with Gasteiger partial charge in [-0.2, -0.15) is 0 Å². The summed E-state index contributed by atoms with van der Waals surface area (Å²) >= 11 is 0. The summed E-state index contributed by atoms with van der Waals surface area (Å²) in [5.41, 5.74) is 7.34. The van der Waals surface area contributed by atoms with Gasteiger partial charge in [0.25, 0.3) is 0 Å². The minimum Gasteiger partial charge on any atom is -0.303 e. The molecular formula is C26H40O. The molecule has 0 saturated heterocycles. The maximum atomic E-state index is 12.4. The zero-order chi connectivity index (χ0) is 20.0. The van der Waals surface area contributed by atoms with Gasteiger partial charge < -0.3 is 4.79 Å². The molecular weight excluding hydrogens is 328 g/mol. The molecule has 0 aromatic rings. The van der Waals surface area contributed by atoms with Crippen molar-refractivity contribution >= 4 is 6.29 Å². The first kappa shape index (κ1) is 21.9. The molecule has 0 aromatic carbocycles. The van der Waals surface area contributed by atoms with Crippen molar-refractivity contribution in [1.29, 1.82) is 0 Å². The SMILES string of the molecule is CC1=CCCC=C(C)CCC(C(C=O)C2=C(C)CCCC2(C)C)C(C)=CC1. The van der Waals surface area contributed by atoms with Crippen molar-refractivity contribution in [2.24, 2.45) is 17.3 Å². The Hall–Kier alpha value is -1.37. The monoisotopic (exact) mass is 368 g/mol. The van der Waals surface area contributed by atoms with Crippen LogP contribution in [0.15, 0.2) is 46.1 Å². The Morgan fingerprint density at radius 3 is 2.30 bits per heavy atom. The van der Waals surface area contributed by atoms with Crippen LogP contribution in [0.4, 0.5) is 0 Å². The molecule has 0 aromatic heterocycles. The Morgan fingerprint density at radius 2 is 1.67 bits per heavy atom. The summed E-state index contributed by atoms with van der Waals surface area (Å²) in [6.07, 6.45) is 17.5. The van der Waals surface area contributed by atoms with E-state index >= 15 is 0 Å². The molecule has 0 heterocycles. The predicted octanol–water partition coefficient (Wildman–Crippen LogP) is 7.75. The topological polar surface area (TPSA) is 17.1 Å². The van der Waals surface area contributed by atoms with Gasteiger partial charge in [-0.1, -0.05) is 59.9 Å². The molecule has 2 atom stereocenters. The first-order valence-electron chi connectivity index (χ1n) is 10.9. The predicted molar refractivity (Wildman–Crippen MR) is 118 cm³/mol. The van der Waals surface area contributed by atoms with Crippen molar-refractivity contribution in [2.45, 2.75) is 92.9 Å². The Balaban J connectivity index is 2.43. The molecule has 0 radical (unpaired) electrons. The van der Waals surface area contributed by atoms with Crippen molar-refractivity contribution in [2.75, 3.05) is 0 Å². The van der Waals surface area contributed by atoms with E-state index < -0.39 is 0 Å². The molecule has 0 amide bonds. The van der Waals surface area contributed by atoms with Gasteiger partial charge in [0, 0.05) is 5.92 Å². The lowest BCUT2D eigenvalue weighted by molar-refractivity contribution is -0.111. The highest BCUT2D eigenvalue weighted by Gasteiger charge is 2.37. The van der Waals surface area contributed by atoms with Gasteiger partial charge in [0.15, 0.2) is 0 Å². The number of hydrogen-bond donors (Lipinski definition) is 0. The Bertz CT molecular complexity index is 654. The van der Waals surface area contributed by atoms with E-state index in [1.807, 2.05) is 0 Å². The van der Waals surface area contributed by atoms with Gasteiger partial charge in [0.2, 0.25) is 0 Å². The van der Waals surface area contributed by atoms with Crippen LogP contribution in [0.3, 0.4) is 0 Å². The van der Waals surface area contributed by atoms with Crippen LogP contribution in [0, 0.1) is 17.3 Å². The van der Waals surface area contributed by atoms with Crippen LogP contribution in [-0.4, -0.2) is 6.29 Å². The van der Waals surface area contributed by atoms with Crippen LogP contribution in [-0.2, 0) is 4.79 Å². The first-order valence-corrected chi connectivity index (χ1v) is 10.9. The standard InChI is InChI=1S/C26H40O/c1-19-10-7-8-11-20(2)14-16-23(21(3)15-13-19)24(18-27)25-22(4)12-9-17-26(25,5)6/h10-11,15,18,23-24H,7-9,12-14,16-17H2,1-6H3. The maximum Gasteiger partial charge on any atom is 0.127 e. The summed E-state index contributed by atoms with van der Waals surface area (Å²) in [5.74, 6) is 0.344. The summed E-state index contributed by atoms with van der Waals surface area (Å²) in [4.78, 5) is 12.4. The number of aldehydes is 1. The average Bonchev–Trinajstić information content (AvgIpc) is 2.60. The molecule has 1 heteroatoms. The van der Waals surface area contributed by atoms with Crippen LogP contribution in [0.2, 0.25) is 0 Å². The number of allylic oxidation sites excluding steroid dienone is 8. The van der Waals surface area contributed by atoms with Gasteiger partial charge >= 0.3 is 0 Å². The molecule has 2 aliphatic carbocycles. The summed E-state index contributed by atoms with van der Waals surface area (Å²) in [6, 6.07) is 0. The normalized spacial score (nSPS) is 26.1. The van der Waals surface area contributed by atoms with Crippen LogP contribution in [0.5, 0.6) is 0 Å². The minimum absolute atomic E-state index is 0.0246. The Morgan fingerprint density at radius 1 is 1.00 bits per heavy atom. The molecule has 2 rings (SSSR count). The van der Waals surface area contributed by atoms with Crippen LogP contribution < -0.4 is 0 Å². The second-order valence-electron chi connectivity index (χ2n) is 9.57. The average molecular weight is 369 g/mol. The third kappa shape index (κ3) is 5.80. The number of carbonyl (C=O) groups excluding carboxylic acids is 1. The lowest BCUT2D eigenvalue weighted by Gasteiger charge is -2.40.